The molecule has 172 valence electrons. The van der Waals surface area contributed by atoms with E-state index in [0.29, 0.717) is 10.4 Å². The largest absolute Gasteiger partial charge is 0.494 e. The zero-order valence-corrected chi connectivity index (χ0v) is 18.6. The van der Waals surface area contributed by atoms with Gasteiger partial charge in [-0.1, -0.05) is 35.9 Å². The molecule has 2 aromatic heterocycles. The summed E-state index contributed by atoms with van der Waals surface area (Å²) in [6.45, 7) is 0. The number of hydrazone groups is 1. The maximum atomic E-state index is 13.0. The fourth-order valence-corrected chi connectivity index (χ4v) is 4.12. The molecular weight excluding hydrogens is 486 g/mol. The molecule has 0 fully saturated rings. The normalized spacial score (nSPS) is 11.7. The third kappa shape index (κ3) is 4.31. The van der Waals surface area contributed by atoms with Crippen LogP contribution in [0.5, 0.6) is 5.88 Å². The second kappa shape index (κ2) is 8.92. The third-order valence-corrected chi connectivity index (χ3v) is 6.19. The van der Waals surface area contributed by atoms with Gasteiger partial charge in [-0.3, -0.25) is 14.9 Å². The van der Waals surface area contributed by atoms with Crippen molar-refractivity contribution in [3.8, 4) is 11.7 Å². The van der Waals surface area contributed by atoms with Crippen molar-refractivity contribution in [1.29, 1.82) is 0 Å². The van der Waals surface area contributed by atoms with Gasteiger partial charge in [-0.05, 0) is 24.3 Å². The minimum absolute atomic E-state index is 0.0358. The first-order chi connectivity index (χ1) is 16.2. The Bertz CT molecular complexity index is 1620. The van der Waals surface area contributed by atoms with Crippen LogP contribution in [0.4, 0.5) is 5.69 Å². The average Bonchev–Trinajstić information content (AvgIpc) is 2.82. The van der Waals surface area contributed by atoms with Crippen LogP contribution in [-0.2, 0) is 10.0 Å². The van der Waals surface area contributed by atoms with Gasteiger partial charge in [-0.15, -0.1) is 0 Å². The van der Waals surface area contributed by atoms with Crippen LogP contribution in [0.2, 0.25) is 5.02 Å². The van der Waals surface area contributed by atoms with Crippen molar-refractivity contribution in [1.82, 2.24) is 14.4 Å². The van der Waals surface area contributed by atoms with Gasteiger partial charge in [-0.25, -0.2) is 14.4 Å². The molecule has 0 saturated carbocycles. The van der Waals surface area contributed by atoms with Crippen molar-refractivity contribution in [2.75, 3.05) is 0 Å². The highest BCUT2D eigenvalue weighted by Crippen LogP contribution is 2.25. The number of pyridine rings is 2. The number of aromatic hydroxyl groups is 1. The van der Waals surface area contributed by atoms with Gasteiger partial charge in [-0.2, -0.15) is 13.5 Å². The Morgan fingerprint density at radius 3 is 2.53 bits per heavy atom. The minimum atomic E-state index is -4.26. The second-order valence-electron chi connectivity index (χ2n) is 6.87. The summed E-state index contributed by atoms with van der Waals surface area (Å²) >= 11 is 5.86. The molecule has 0 aliphatic carbocycles. The Morgan fingerprint density at radius 2 is 1.85 bits per heavy atom. The summed E-state index contributed by atoms with van der Waals surface area (Å²) in [6.07, 6.45) is 2.33. The number of hydrogen-bond acceptors (Lipinski definition) is 8. The van der Waals surface area contributed by atoms with Gasteiger partial charge in [0.2, 0.25) is 5.88 Å². The number of aromatic nitrogens is 2. The van der Waals surface area contributed by atoms with E-state index in [2.05, 4.69) is 10.1 Å². The molecule has 34 heavy (non-hydrogen) atoms. The predicted molar refractivity (Wildman–Crippen MR) is 125 cm³/mol. The fourth-order valence-electron chi connectivity index (χ4n) is 3.18. The Labute approximate surface area is 196 Å². The molecule has 13 heteroatoms. The lowest BCUT2D eigenvalue weighted by Gasteiger charge is -2.13. The van der Waals surface area contributed by atoms with Gasteiger partial charge >= 0.3 is 0 Å². The summed E-state index contributed by atoms with van der Waals surface area (Å²) in [5.74, 6) is -0.443. The number of nitrogens with one attached hydrogen (secondary N) is 1. The zero-order chi connectivity index (χ0) is 24.5. The first-order valence-electron chi connectivity index (χ1n) is 9.47. The molecular formula is C21H14ClN5O6S. The lowest BCUT2D eigenvalue weighted by molar-refractivity contribution is -0.385. The number of rotatable bonds is 6. The molecule has 2 N–H and O–H groups in total. The summed E-state index contributed by atoms with van der Waals surface area (Å²) in [5.41, 5.74) is -0.927. The van der Waals surface area contributed by atoms with Crippen molar-refractivity contribution >= 4 is 44.3 Å². The van der Waals surface area contributed by atoms with Crippen molar-refractivity contribution in [3.05, 3.63) is 97.9 Å². The van der Waals surface area contributed by atoms with Gasteiger partial charge in [0.15, 0.2) is 0 Å². The van der Waals surface area contributed by atoms with Crippen molar-refractivity contribution < 1.29 is 18.4 Å². The van der Waals surface area contributed by atoms with Crippen LogP contribution >= 0.6 is 11.6 Å². The molecule has 4 aromatic rings. The smallest absolute Gasteiger partial charge is 0.276 e. The Kier molecular flexibility index (Phi) is 6.01. The third-order valence-electron chi connectivity index (χ3n) is 4.75. The Hall–Kier alpha value is -4.29. The number of hydrogen-bond donors (Lipinski definition) is 2. The summed E-state index contributed by atoms with van der Waals surface area (Å²) in [6, 6.07) is 13.7. The summed E-state index contributed by atoms with van der Waals surface area (Å²) in [7, 11) is -4.26. The molecule has 0 unspecified atom stereocenters. The van der Waals surface area contributed by atoms with Crippen LogP contribution in [-0.4, -0.2) is 34.2 Å². The maximum Gasteiger partial charge on any atom is 0.276 e. The Balaban J connectivity index is 1.79. The number of nitro groups is 1. The van der Waals surface area contributed by atoms with E-state index in [0.717, 1.165) is 22.9 Å². The number of benzene rings is 2. The molecule has 4 rings (SSSR count). The molecule has 0 spiro atoms. The molecule has 0 bridgehead atoms. The topological polar surface area (TPSA) is 157 Å². The number of non-ortho nitro benzene ring substituents is 1. The quantitative estimate of drug-likeness (QED) is 0.234. The number of sulfonamides is 1. The van der Waals surface area contributed by atoms with Gasteiger partial charge in [0.05, 0.1) is 26.6 Å². The Morgan fingerprint density at radius 1 is 1.12 bits per heavy atom. The molecule has 0 aliphatic rings. The van der Waals surface area contributed by atoms with Gasteiger partial charge in [0, 0.05) is 29.1 Å². The summed E-state index contributed by atoms with van der Waals surface area (Å²) < 4.78 is 26.0. The van der Waals surface area contributed by atoms with Crippen LogP contribution in [0.25, 0.3) is 16.6 Å². The fraction of sp³-hybridized carbons (Fsp3) is 0. The molecule has 0 radical (unpaired) electrons. The highest BCUT2D eigenvalue weighted by atomic mass is 35.5. The molecule has 0 aliphatic heterocycles. The second-order valence-corrected chi connectivity index (χ2v) is 8.96. The average molecular weight is 500 g/mol. The molecule has 2 aromatic carbocycles. The van der Waals surface area contributed by atoms with E-state index >= 15 is 0 Å². The van der Waals surface area contributed by atoms with Crippen LogP contribution < -0.4 is 10.4 Å². The molecule has 11 nitrogen and oxygen atoms in total. The highest BCUT2D eigenvalue weighted by molar-refractivity contribution is 7.89. The monoisotopic (exact) mass is 499 g/mol. The molecule has 0 saturated heterocycles. The minimum Gasteiger partial charge on any atom is -0.494 e. The van der Waals surface area contributed by atoms with E-state index in [1.807, 2.05) is 4.83 Å². The van der Waals surface area contributed by atoms with Gasteiger partial charge in [0.1, 0.15) is 5.82 Å². The van der Waals surface area contributed by atoms with E-state index in [9.17, 15) is 28.4 Å². The summed E-state index contributed by atoms with van der Waals surface area (Å²) in [5, 5.41) is 26.4. The van der Waals surface area contributed by atoms with Crippen LogP contribution in [0.1, 0.15) is 5.56 Å². The number of halogens is 1. The number of nitro benzene ring substituents is 1. The number of fused-ring (bicyclic) bond motifs is 1. The van der Waals surface area contributed by atoms with E-state index in [4.69, 9.17) is 11.6 Å². The lowest BCUT2D eigenvalue weighted by atomic mass is 10.1. The van der Waals surface area contributed by atoms with Crippen LogP contribution in [0.15, 0.2) is 81.7 Å². The SMILES string of the molecule is O=c1c2ccccc2c(C=NNS(=O)(=O)c2cccc([N+](=O)[O-])c2)c(O)n1-c1ccc(Cl)cn1. The van der Waals surface area contributed by atoms with Crippen molar-refractivity contribution in [2.24, 2.45) is 5.10 Å². The van der Waals surface area contributed by atoms with Gasteiger partial charge in [0.25, 0.3) is 21.3 Å². The molecule has 2 heterocycles. The predicted octanol–water partition coefficient (Wildman–Crippen LogP) is 2.97. The number of nitrogens with zero attached hydrogens (tertiary/aromatic N) is 4. The van der Waals surface area contributed by atoms with Crippen LogP contribution in [0, 0.1) is 10.1 Å². The summed E-state index contributed by atoms with van der Waals surface area (Å²) in [4.78, 5) is 28.9. The lowest BCUT2D eigenvalue weighted by Crippen LogP contribution is -2.22. The van der Waals surface area contributed by atoms with Crippen LogP contribution in [0.3, 0.4) is 0 Å². The first-order valence-corrected chi connectivity index (χ1v) is 11.3. The van der Waals surface area contributed by atoms with Crippen molar-refractivity contribution in [3.63, 3.8) is 0 Å². The van der Waals surface area contributed by atoms with E-state index < -0.39 is 32.1 Å². The standard InChI is InChI=1S/C21H14ClN5O6S/c22-13-8-9-19(23-11-13)26-20(28)17-7-2-1-6-16(17)18(21(26)29)12-24-25-34(32,33)15-5-3-4-14(10-15)27(30)31/h1-12,25,29H. The zero-order valence-electron chi connectivity index (χ0n) is 17.0. The highest BCUT2D eigenvalue weighted by Gasteiger charge is 2.19. The van der Waals surface area contributed by atoms with Crippen molar-refractivity contribution in [2.45, 2.75) is 4.90 Å². The van der Waals surface area contributed by atoms with E-state index in [-0.39, 0.29) is 21.7 Å². The van der Waals surface area contributed by atoms with Gasteiger partial charge < -0.3 is 5.11 Å². The molecule has 0 amide bonds. The first kappa shape index (κ1) is 22.9. The maximum absolute atomic E-state index is 13.0. The molecule has 0 atom stereocenters. The van der Waals surface area contributed by atoms with E-state index in [1.54, 1.807) is 18.2 Å². The van der Waals surface area contributed by atoms with E-state index in [1.165, 1.54) is 36.5 Å².